The maximum absolute atomic E-state index is 5.37. The Bertz CT molecular complexity index is 88.9. The number of rotatable bonds is 4. The van der Waals surface area contributed by atoms with Gasteiger partial charge in [0.25, 0.3) is 0 Å². The molecular formula is C7H16N2. The number of hydrogen-bond donors (Lipinski definition) is 2. The fourth-order valence-electron chi connectivity index (χ4n) is 0.432. The van der Waals surface area contributed by atoms with E-state index in [1.165, 1.54) is 0 Å². The molecule has 1 unspecified atom stereocenters. The van der Waals surface area contributed by atoms with Crippen LogP contribution >= 0.6 is 0 Å². The first-order chi connectivity index (χ1) is 4.16. The smallest absolute Gasteiger partial charge is 0.0165 e. The lowest BCUT2D eigenvalue weighted by Crippen LogP contribution is -2.33. The lowest BCUT2D eigenvalue weighted by atomic mass is 10.3. The third-order valence-electron chi connectivity index (χ3n) is 1.11. The van der Waals surface area contributed by atoms with Crippen molar-refractivity contribution in [1.29, 1.82) is 0 Å². The van der Waals surface area contributed by atoms with Crippen LogP contribution in [0.3, 0.4) is 0 Å². The summed E-state index contributed by atoms with van der Waals surface area (Å²) in [5.41, 5.74) is 6.51. The highest BCUT2D eigenvalue weighted by Gasteiger charge is 1.94. The van der Waals surface area contributed by atoms with Crippen LogP contribution in [0, 0.1) is 0 Å². The zero-order valence-corrected chi connectivity index (χ0v) is 6.28. The molecule has 0 saturated heterocycles. The molecule has 0 aliphatic heterocycles. The van der Waals surface area contributed by atoms with Crippen LogP contribution in [-0.4, -0.2) is 19.1 Å². The maximum Gasteiger partial charge on any atom is 0.0165 e. The molecule has 0 spiro atoms. The van der Waals surface area contributed by atoms with Gasteiger partial charge in [0.15, 0.2) is 0 Å². The molecule has 0 saturated carbocycles. The molecule has 0 fully saturated rings. The SMILES string of the molecule is C=C(C)CNC(C)CN. The van der Waals surface area contributed by atoms with Crippen molar-refractivity contribution in [3.05, 3.63) is 12.2 Å². The molecule has 3 N–H and O–H groups in total. The van der Waals surface area contributed by atoms with Crippen LogP contribution in [0.1, 0.15) is 13.8 Å². The summed E-state index contributed by atoms with van der Waals surface area (Å²) >= 11 is 0. The molecule has 2 nitrogen and oxygen atoms in total. The fraction of sp³-hybridized carbons (Fsp3) is 0.714. The standard InChI is InChI=1S/C7H16N2/c1-6(2)5-9-7(3)4-8/h7,9H,1,4-5,8H2,2-3H3. The maximum atomic E-state index is 5.37. The summed E-state index contributed by atoms with van der Waals surface area (Å²) in [5, 5.41) is 3.21. The topological polar surface area (TPSA) is 38.0 Å². The van der Waals surface area contributed by atoms with E-state index >= 15 is 0 Å². The number of hydrogen-bond acceptors (Lipinski definition) is 2. The quantitative estimate of drug-likeness (QED) is 0.541. The lowest BCUT2D eigenvalue weighted by Gasteiger charge is -2.09. The van der Waals surface area contributed by atoms with Gasteiger partial charge < -0.3 is 11.1 Å². The highest BCUT2D eigenvalue weighted by atomic mass is 14.9. The summed E-state index contributed by atoms with van der Waals surface area (Å²) in [6.07, 6.45) is 0. The summed E-state index contributed by atoms with van der Waals surface area (Å²) in [7, 11) is 0. The molecule has 0 bridgehead atoms. The van der Waals surface area contributed by atoms with Crippen molar-refractivity contribution < 1.29 is 0 Å². The third kappa shape index (κ3) is 5.53. The Labute approximate surface area is 57.1 Å². The van der Waals surface area contributed by atoms with Gasteiger partial charge in [-0.25, -0.2) is 0 Å². The minimum absolute atomic E-state index is 0.404. The molecule has 0 heterocycles. The minimum Gasteiger partial charge on any atom is -0.329 e. The minimum atomic E-state index is 0.404. The van der Waals surface area contributed by atoms with Crippen molar-refractivity contribution in [2.75, 3.05) is 13.1 Å². The summed E-state index contributed by atoms with van der Waals surface area (Å²) in [5.74, 6) is 0. The average Bonchev–Trinajstić information content (AvgIpc) is 1.83. The van der Waals surface area contributed by atoms with E-state index in [4.69, 9.17) is 5.73 Å². The molecular weight excluding hydrogens is 112 g/mol. The zero-order chi connectivity index (χ0) is 7.28. The van der Waals surface area contributed by atoms with Crippen LogP contribution in [0.15, 0.2) is 12.2 Å². The first kappa shape index (κ1) is 8.66. The summed E-state index contributed by atoms with van der Waals surface area (Å²) in [6, 6.07) is 0.404. The molecule has 0 aromatic heterocycles. The second-order valence-electron chi connectivity index (χ2n) is 2.47. The van der Waals surface area contributed by atoms with Gasteiger partial charge in [0.05, 0.1) is 0 Å². The van der Waals surface area contributed by atoms with Crippen LogP contribution in [0.2, 0.25) is 0 Å². The third-order valence-corrected chi connectivity index (χ3v) is 1.11. The molecule has 2 heteroatoms. The van der Waals surface area contributed by atoms with Gasteiger partial charge in [-0.2, -0.15) is 0 Å². The van der Waals surface area contributed by atoms with E-state index in [9.17, 15) is 0 Å². The van der Waals surface area contributed by atoms with E-state index in [-0.39, 0.29) is 0 Å². The van der Waals surface area contributed by atoms with Crippen LogP contribution in [-0.2, 0) is 0 Å². The molecule has 9 heavy (non-hydrogen) atoms. The van der Waals surface area contributed by atoms with Crippen LogP contribution in [0.25, 0.3) is 0 Å². The molecule has 0 aromatic carbocycles. The Hall–Kier alpha value is -0.340. The monoisotopic (exact) mass is 128 g/mol. The summed E-state index contributed by atoms with van der Waals surface area (Å²) in [6.45, 7) is 9.37. The van der Waals surface area contributed by atoms with E-state index < -0.39 is 0 Å². The van der Waals surface area contributed by atoms with Crippen molar-refractivity contribution in [3.63, 3.8) is 0 Å². The number of nitrogens with two attached hydrogens (primary N) is 1. The van der Waals surface area contributed by atoms with Gasteiger partial charge in [-0.1, -0.05) is 12.2 Å². The molecule has 0 amide bonds. The van der Waals surface area contributed by atoms with Gasteiger partial charge >= 0.3 is 0 Å². The summed E-state index contributed by atoms with van der Waals surface area (Å²) < 4.78 is 0. The van der Waals surface area contributed by atoms with Crippen molar-refractivity contribution in [2.45, 2.75) is 19.9 Å². The summed E-state index contributed by atoms with van der Waals surface area (Å²) in [4.78, 5) is 0. The molecule has 0 aliphatic carbocycles. The second kappa shape index (κ2) is 4.53. The van der Waals surface area contributed by atoms with Gasteiger partial charge in [0.1, 0.15) is 0 Å². The Morgan fingerprint density at radius 3 is 2.67 bits per heavy atom. The van der Waals surface area contributed by atoms with Crippen molar-refractivity contribution in [2.24, 2.45) is 5.73 Å². The largest absolute Gasteiger partial charge is 0.329 e. The number of nitrogens with one attached hydrogen (secondary N) is 1. The lowest BCUT2D eigenvalue weighted by molar-refractivity contribution is 0.584. The van der Waals surface area contributed by atoms with E-state index in [2.05, 4.69) is 18.8 Å². The highest BCUT2D eigenvalue weighted by molar-refractivity contribution is 4.91. The van der Waals surface area contributed by atoms with Crippen molar-refractivity contribution in [1.82, 2.24) is 5.32 Å². The van der Waals surface area contributed by atoms with Gasteiger partial charge in [0, 0.05) is 19.1 Å². The van der Waals surface area contributed by atoms with Gasteiger partial charge in [-0.15, -0.1) is 0 Å². The zero-order valence-electron chi connectivity index (χ0n) is 6.28. The van der Waals surface area contributed by atoms with E-state index in [0.29, 0.717) is 12.6 Å². The molecule has 0 radical (unpaired) electrons. The first-order valence-corrected chi connectivity index (χ1v) is 3.24. The van der Waals surface area contributed by atoms with E-state index in [1.54, 1.807) is 0 Å². The normalized spacial score (nSPS) is 13.2. The predicted molar refractivity (Wildman–Crippen MR) is 41.3 cm³/mol. The molecule has 0 rings (SSSR count). The first-order valence-electron chi connectivity index (χ1n) is 3.24. The van der Waals surface area contributed by atoms with Crippen LogP contribution < -0.4 is 11.1 Å². The van der Waals surface area contributed by atoms with Gasteiger partial charge in [0.2, 0.25) is 0 Å². The van der Waals surface area contributed by atoms with Gasteiger partial charge in [-0.05, 0) is 13.8 Å². The predicted octanol–water partition coefficient (Wildman–Crippen LogP) is 0.499. The van der Waals surface area contributed by atoms with Gasteiger partial charge in [-0.3, -0.25) is 0 Å². The van der Waals surface area contributed by atoms with Crippen LogP contribution in [0.4, 0.5) is 0 Å². The van der Waals surface area contributed by atoms with Crippen molar-refractivity contribution in [3.8, 4) is 0 Å². The molecule has 0 aromatic rings. The Morgan fingerprint density at radius 1 is 1.78 bits per heavy atom. The Kier molecular flexibility index (Phi) is 4.36. The van der Waals surface area contributed by atoms with E-state index in [1.807, 2.05) is 6.92 Å². The highest BCUT2D eigenvalue weighted by Crippen LogP contribution is 1.83. The fourth-order valence-corrected chi connectivity index (χ4v) is 0.432. The Balaban J connectivity index is 3.16. The second-order valence-corrected chi connectivity index (χ2v) is 2.47. The molecule has 54 valence electrons. The Morgan fingerprint density at radius 2 is 2.33 bits per heavy atom. The van der Waals surface area contributed by atoms with Crippen LogP contribution in [0.5, 0.6) is 0 Å². The molecule has 1 atom stereocenters. The van der Waals surface area contributed by atoms with Crippen molar-refractivity contribution >= 4 is 0 Å². The molecule has 0 aliphatic rings. The average molecular weight is 128 g/mol. The van der Waals surface area contributed by atoms with E-state index in [0.717, 1.165) is 12.1 Å².